The molecule has 0 aliphatic carbocycles. The molecule has 0 fully saturated rings. The molecule has 0 atom stereocenters. The summed E-state index contributed by atoms with van der Waals surface area (Å²) in [7, 11) is -3.69. The molecule has 2 aromatic carbocycles. The molecule has 1 amide bonds. The predicted octanol–water partition coefficient (Wildman–Crippen LogP) is 2.40. The average molecular weight is 365 g/mol. The zero-order valence-corrected chi connectivity index (χ0v) is 14.5. The quantitative estimate of drug-likeness (QED) is 0.680. The van der Waals surface area contributed by atoms with E-state index in [0.717, 1.165) is 5.39 Å². The summed E-state index contributed by atoms with van der Waals surface area (Å²) in [6.45, 7) is -0.0986. The second kappa shape index (κ2) is 7.35. The average Bonchev–Trinajstić information content (AvgIpc) is 2.67. The lowest BCUT2D eigenvalue weighted by atomic mass is 10.1. The molecular formula is C19H15N3O3S. The molecule has 0 saturated heterocycles. The number of amides is 1. The van der Waals surface area contributed by atoms with Crippen molar-refractivity contribution in [2.75, 3.05) is 11.9 Å². The predicted molar refractivity (Wildman–Crippen MR) is 100 cm³/mol. The summed E-state index contributed by atoms with van der Waals surface area (Å²) in [6, 6.07) is 14.8. The van der Waals surface area contributed by atoms with Crippen LogP contribution in [0.2, 0.25) is 0 Å². The van der Waals surface area contributed by atoms with Crippen LogP contribution in [0.15, 0.2) is 65.7 Å². The van der Waals surface area contributed by atoms with Gasteiger partial charge in [0.1, 0.15) is 0 Å². The summed E-state index contributed by atoms with van der Waals surface area (Å²) in [4.78, 5) is 16.8. The minimum absolute atomic E-state index is 0.0381. The van der Waals surface area contributed by atoms with Crippen molar-refractivity contribution >= 4 is 32.5 Å². The fourth-order valence-corrected chi connectivity index (χ4v) is 3.34. The standard InChI is InChI=1S/C19H15N3O3S/c1-2-12-21-26(24,25)16-10-8-15(9-11-16)19(23)22-17-7-3-5-14-6-4-13-20-18(14)17/h1,3-11,13,21H,12H2,(H,22,23). The summed E-state index contributed by atoms with van der Waals surface area (Å²) in [5.41, 5.74) is 1.59. The first-order chi connectivity index (χ1) is 12.5. The van der Waals surface area contributed by atoms with Crippen LogP contribution in [-0.2, 0) is 10.0 Å². The van der Waals surface area contributed by atoms with Gasteiger partial charge in [0.15, 0.2) is 0 Å². The van der Waals surface area contributed by atoms with Gasteiger partial charge in [-0.2, -0.15) is 4.72 Å². The van der Waals surface area contributed by atoms with Gasteiger partial charge in [-0.3, -0.25) is 9.78 Å². The van der Waals surface area contributed by atoms with Crippen LogP contribution in [0.3, 0.4) is 0 Å². The van der Waals surface area contributed by atoms with E-state index in [4.69, 9.17) is 6.42 Å². The number of para-hydroxylation sites is 1. The molecule has 2 N–H and O–H groups in total. The Balaban J connectivity index is 1.81. The third-order valence-electron chi connectivity index (χ3n) is 3.67. The largest absolute Gasteiger partial charge is 0.320 e. The number of nitrogens with one attached hydrogen (secondary N) is 2. The first-order valence-electron chi connectivity index (χ1n) is 7.69. The highest BCUT2D eigenvalue weighted by atomic mass is 32.2. The molecule has 0 unspecified atom stereocenters. The number of terminal acetylenes is 1. The van der Waals surface area contributed by atoms with E-state index in [1.54, 1.807) is 12.3 Å². The molecule has 130 valence electrons. The molecule has 26 heavy (non-hydrogen) atoms. The van der Waals surface area contributed by atoms with Crippen LogP contribution in [0.4, 0.5) is 5.69 Å². The fourth-order valence-electron chi connectivity index (χ4n) is 2.41. The number of nitrogens with zero attached hydrogens (tertiary/aromatic N) is 1. The second-order valence-corrected chi connectivity index (χ2v) is 7.15. The molecule has 0 bridgehead atoms. The Kier molecular flexibility index (Phi) is 4.98. The van der Waals surface area contributed by atoms with Gasteiger partial charge in [0, 0.05) is 17.1 Å². The molecule has 1 heterocycles. The van der Waals surface area contributed by atoms with Crippen LogP contribution in [0.25, 0.3) is 10.9 Å². The van der Waals surface area contributed by atoms with Gasteiger partial charge in [-0.15, -0.1) is 6.42 Å². The number of pyridine rings is 1. The lowest BCUT2D eigenvalue weighted by molar-refractivity contribution is 0.102. The molecule has 6 nitrogen and oxygen atoms in total. The maximum atomic E-state index is 12.5. The highest BCUT2D eigenvalue weighted by Crippen LogP contribution is 2.21. The van der Waals surface area contributed by atoms with Crippen molar-refractivity contribution in [3.63, 3.8) is 0 Å². The minimum atomic E-state index is -3.69. The van der Waals surface area contributed by atoms with E-state index in [0.29, 0.717) is 16.8 Å². The Bertz CT molecular complexity index is 1100. The van der Waals surface area contributed by atoms with Crippen molar-refractivity contribution in [1.29, 1.82) is 0 Å². The third kappa shape index (κ3) is 3.72. The monoisotopic (exact) mass is 365 g/mol. The second-order valence-electron chi connectivity index (χ2n) is 5.39. The molecule has 0 aliphatic rings. The summed E-state index contributed by atoms with van der Waals surface area (Å²) in [5.74, 6) is 1.85. The summed E-state index contributed by atoms with van der Waals surface area (Å²) in [5, 5.41) is 3.71. The van der Waals surface area contributed by atoms with Crippen molar-refractivity contribution in [3.8, 4) is 12.3 Å². The number of sulfonamides is 1. The maximum Gasteiger partial charge on any atom is 0.255 e. The van der Waals surface area contributed by atoms with Crippen molar-refractivity contribution in [1.82, 2.24) is 9.71 Å². The normalized spacial score (nSPS) is 11.0. The summed E-state index contributed by atoms with van der Waals surface area (Å²) >= 11 is 0. The first kappa shape index (κ1) is 17.6. The van der Waals surface area contributed by atoms with Gasteiger partial charge >= 0.3 is 0 Å². The van der Waals surface area contributed by atoms with Crippen LogP contribution in [0, 0.1) is 12.3 Å². The SMILES string of the molecule is C#CCNS(=O)(=O)c1ccc(C(=O)Nc2cccc3cccnc23)cc1. The Labute approximate surface area is 151 Å². The number of rotatable bonds is 5. The maximum absolute atomic E-state index is 12.5. The van der Waals surface area contributed by atoms with E-state index < -0.39 is 10.0 Å². The molecule has 0 saturated carbocycles. The summed E-state index contributed by atoms with van der Waals surface area (Å²) < 4.78 is 26.2. The van der Waals surface area contributed by atoms with Crippen LogP contribution >= 0.6 is 0 Å². The molecule has 0 aliphatic heterocycles. The van der Waals surface area contributed by atoms with E-state index in [2.05, 4.69) is 20.9 Å². The molecule has 1 aromatic heterocycles. The Morgan fingerprint density at radius 3 is 2.54 bits per heavy atom. The molecule has 7 heteroatoms. The number of aromatic nitrogens is 1. The molecule has 3 rings (SSSR count). The van der Waals surface area contributed by atoms with Crippen molar-refractivity contribution < 1.29 is 13.2 Å². The topological polar surface area (TPSA) is 88.2 Å². The van der Waals surface area contributed by atoms with Gasteiger partial charge in [-0.25, -0.2) is 8.42 Å². The minimum Gasteiger partial charge on any atom is -0.320 e. The zero-order chi connectivity index (χ0) is 18.6. The number of carbonyl (C=O) groups excluding carboxylic acids is 1. The van der Waals surface area contributed by atoms with Gasteiger partial charge in [-0.05, 0) is 36.4 Å². The highest BCUT2D eigenvalue weighted by Gasteiger charge is 2.14. The zero-order valence-electron chi connectivity index (χ0n) is 13.6. The van der Waals surface area contributed by atoms with Crippen molar-refractivity contribution in [2.24, 2.45) is 0 Å². The van der Waals surface area contributed by atoms with Gasteiger partial charge in [0.05, 0.1) is 22.6 Å². The summed E-state index contributed by atoms with van der Waals surface area (Å²) in [6.07, 6.45) is 6.71. The van der Waals surface area contributed by atoms with E-state index in [1.807, 2.05) is 24.3 Å². The Morgan fingerprint density at radius 1 is 1.08 bits per heavy atom. The fraction of sp³-hybridized carbons (Fsp3) is 0.0526. The van der Waals surface area contributed by atoms with E-state index >= 15 is 0 Å². The smallest absolute Gasteiger partial charge is 0.255 e. The van der Waals surface area contributed by atoms with Crippen LogP contribution in [-0.4, -0.2) is 25.9 Å². The van der Waals surface area contributed by atoms with Crippen molar-refractivity contribution in [3.05, 3.63) is 66.4 Å². The van der Waals surface area contributed by atoms with Crippen LogP contribution < -0.4 is 10.0 Å². The molecule has 0 radical (unpaired) electrons. The lowest BCUT2D eigenvalue weighted by Gasteiger charge is -2.09. The van der Waals surface area contributed by atoms with Gasteiger partial charge in [0.25, 0.3) is 5.91 Å². The van der Waals surface area contributed by atoms with Gasteiger partial charge in [-0.1, -0.05) is 24.1 Å². The Morgan fingerprint density at radius 2 is 1.81 bits per heavy atom. The number of benzene rings is 2. The van der Waals surface area contributed by atoms with E-state index in [-0.39, 0.29) is 17.3 Å². The van der Waals surface area contributed by atoms with E-state index in [1.165, 1.54) is 24.3 Å². The molecule has 3 aromatic rings. The number of anilines is 1. The number of carbonyl (C=O) groups is 1. The number of fused-ring (bicyclic) bond motifs is 1. The van der Waals surface area contributed by atoms with Gasteiger partial charge in [0.2, 0.25) is 10.0 Å². The third-order valence-corrected chi connectivity index (χ3v) is 5.09. The number of hydrogen-bond acceptors (Lipinski definition) is 4. The van der Waals surface area contributed by atoms with Crippen molar-refractivity contribution in [2.45, 2.75) is 4.90 Å². The number of hydrogen-bond donors (Lipinski definition) is 2. The Hall–Kier alpha value is -3.21. The molecule has 0 spiro atoms. The van der Waals surface area contributed by atoms with E-state index in [9.17, 15) is 13.2 Å². The van der Waals surface area contributed by atoms with Crippen LogP contribution in [0.5, 0.6) is 0 Å². The van der Waals surface area contributed by atoms with Crippen LogP contribution in [0.1, 0.15) is 10.4 Å². The van der Waals surface area contributed by atoms with Gasteiger partial charge < -0.3 is 5.32 Å². The molecular weight excluding hydrogens is 350 g/mol. The first-order valence-corrected chi connectivity index (χ1v) is 9.18. The highest BCUT2D eigenvalue weighted by molar-refractivity contribution is 7.89. The lowest BCUT2D eigenvalue weighted by Crippen LogP contribution is -2.24.